The number of pyridine rings is 2. The Hall–Kier alpha value is -3.78. The Labute approximate surface area is 215 Å². The average molecular weight is 517 g/mol. The second-order valence-corrected chi connectivity index (χ2v) is 11.4. The summed E-state index contributed by atoms with van der Waals surface area (Å²) in [5.41, 5.74) is 5.61. The number of aryl methyl sites for hydroxylation is 3. The normalized spacial score (nSPS) is 18.6. The summed E-state index contributed by atoms with van der Waals surface area (Å²) in [6.45, 7) is 6.07. The monoisotopic (exact) mass is 516 g/mol. The molecule has 2 atom stereocenters. The van der Waals surface area contributed by atoms with Crippen molar-refractivity contribution in [3.8, 4) is 17.2 Å². The van der Waals surface area contributed by atoms with Crippen molar-refractivity contribution in [3.05, 3.63) is 71.2 Å². The van der Waals surface area contributed by atoms with Gasteiger partial charge in [-0.15, -0.1) is 0 Å². The zero-order valence-corrected chi connectivity index (χ0v) is 21.7. The Morgan fingerprint density at radius 2 is 1.92 bits per heavy atom. The van der Waals surface area contributed by atoms with Crippen molar-refractivity contribution >= 4 is 26.9 Å². The Morgan fingerprint density at radius 1 is 1.16 bits per heavy atom. The zero-order valence-electron chi connectivity index (χ0n) is 20.9. The van der Waals surface area contributed by atoms with Crippen molar-refractivity contribution in [2.75, 3.05) is 18.4 Å². The maximum Gasteiger partial charge on any atom is 0.243 e. The second-order valence-electron chi connectivity index (χ2n) is 9.45. The smallest absolute Gasteiger partial charge is 0.243 e. The molecule has 3 aromatic heterocycles. The summed E-state index contributed by atoms with van der Waals surface area (Å²) in [5, 5.41) is 24.1. The molecule has 4 aromatic rings. The predicted octanol–water partition coefficient (Wildman–Crippen LogP) is 3.66. The molecule has 10 heteroatoms. The first-order valence-electron chi connectivity index (χ1n) is 12.0. The minimum atomic E-state index is -3.79. The molecule has 1 aliphatic heterocycles. The molecule has 3 N–H and O–H groups in total. The Morgan fingerprint density at radius 3 is 2.57 bits per heavy atom. The number of rotatable bonds is 5. The number of hydrogen-bond acceptors (Lipinski definition) is 7. The number of piperidine rings is 1. The lowest BCUT2D eigenvalue weighted by atomic mass is 9.96. The standard InChI is InChI=1S/C27H28N6O3S/c1-16-4-9-24(29-13-16)32-22-10-11-33(15-23(22)34)37(35,36)21-7-5-19(6-8-21)25-17(2)26-20(12-28)14-30-27(26)31-18(25)3/h4-9,13-14,22-23,34H,10-11,15H2,1-3H3,(H,29,32)(H,30,31)/t22-,23+/m1/s1. The van der Waals surface area contributed by atoms with E-state index in [4.69, 9.17) is 0 Å². The van der Waals surface area contributed by atoms with Crippen LogP contribution in [0.25, 0.3) is 22.2 Å². The van der Waals surface area contributed by atoms with Crippen LogP contribution in [-0.4, -0.2) is 58.0 Å². The highest BCUT2D eigenvalue weighted by atomic mass is 32.2. The van der Waals surface area contributed by atoms with E-state index in [1.54, 1.807) is 36.7 Å². The number of aliphatic hydroxyl groups excluding tert-OH is 1. The number of H-pyrrole nitrogens is 1. The van der Waals surface area contributed by atoms with Crippen molar-refractivity contribution < 1.29 is 13.5 Å². The van der Waals surface area contributed by atoms with Gasteiger partial charge in [0.2, 0.25) is 10.0 Å². The molecule has 0 saturated carbocycles. The van der Waals surface area contributed by atoms with Crippen LogP contribution in [0.1, 0.15) is 28.8 Å². The molecular weight excluding hydrogens is 488 g/mol. The van der Waals surface area contributed by atoms with Crippen molar-refractivity contribution in [1.82, 2.24) is 19.3 Å². The number of nitrogens with zero attached hydrogens (tertiary/aromatic N) is 4. The van der Waals surface area contributed by atoms with E-state index in [1.165, 1.54) is 4.31 Å². The molecule has 4 heterocycles. The molecule has 0 unspecified atom stereocenters. The molecule has 5 rings (SSSR count). The topological polar surface area (TPSA) is 135 Å². The van der Waals surface area contributed by atoms with Crippen LogP contribution in [0, 0.1) is 32.1 Å². The lowest BCUT2D eigenvalue weighted by Crippen LogP contribution is -2.51. The molecule has 0 radical (unpaired) electrons. The van der Waals surface area contributed by atoms with Gasteiger partial charge in [-0.25, -0.2) is 18.4 Å². The largest absolute Gasteiger partial charge is 0.390 e. The van der Waals surface area contributed by atoms with Crippen molar-refractivity contribution in [1.29, 1.82) is 5.26 Å². The van der Waals surface area contributed by atoms with Gasteiger partial charge in [0, 0.05) is 42.1 Å². The molecule has 1 aromatic carbocycles. The number of hydrogen-bond donors (Lipinski definition) is 3. The summed E-state index contributed by atoms with van der Waals surface area (Å²) >= 11 is 0. The Balaban J connectivity index is 1.35. The fourth-order valence-electron chi connectivity index (χ4n) is 4.99. The predicted molar refractivity (Wildman–Crippen MR) is 141 cm³/mol. The molecule has 0 amide bonds. The van der Waals surface area contributed by atoms with Crippen molar-refractivity contribution in [2.45, 2.75) is 44.2 Å². The third-order valence-corrected chi connectivity index (χ3v) is 8.82. The van der Waals surface area contributed by atoms with Gasteiger partial charge in [0.05, 0.1) is 22.6 Å². The number of sulfonamides is 1. The number of nitriles is 1. The number of fused-ring (bicyclic) bond motifs is 1. The van der Waals surface area contributed by atoms with Crippen LogP contribution in [0.5, 0.6) is 0 Å². The molecule has 0 spiro atoms. The van der Waals surface area contributed by atoms with Crippen LogP contribution in [0.2, 0.25) is 0 Å². The van der Waals surface area contributed by atoms with Crippen LogP contribution in [0.15, 0.2) is 53.7 Å². The van der Waals surface area contributed by atoms with Gasteiger partial charge in [-0.3, -0.25) is 0 Å². The fraction of sp³-hybridized carbons (Fsp3) is 0.296. The van der Waals surface area contributed by atoms with E-state index in [2.05, 4.69) is 26.3 Å². The quantitative estimate of drug-likeness (QED) is 0.368. The lowest BCUT2D eigenvalue weighted by molar-refractivity contribution is 0.0949. The molecule has 0 bridgehead atoms. The van der Waals surface area contributed by atoms with Gasteiger partial charge in [-0.1, -0.05) is 18.2 Å². The number of nitrogens with one attached hydrogen (secondary N) is 2. The molecule has 1 aliphatic rings. The fourth-order valence-corrected chi connectivity index (χ4v) is 6.46. The van der Waals surface area contributed by atoms with E-state index in [0.29, 0.717) is 23.4 Å². The number of anilines is 1. The highest BCUT2D eigenvalue weighted by molar-refractivity contribution is 7.89. The maximum absolute atomic E-state index is 13.4. The first-order chi connectivity index (χ1) is 17.7. The van der Waals surface area contributed by atoms with Crippen LogP contribution in [0.4, 0.5) is 5.82 Å². The van der Waals surface area contributed by atoms with Gasteiger partial charge < -0.3 is 15.4 Å². The van der Waals surface area contributed by atoms with Crippen LogP contribution >= 0.6 is 0 Å². The van der Waals surface area contributed by atoms with Crippen LogP contribution < -0.4 is 5.32 Å². The molecule has 190 valence electrons. The highest BCUT2D eigenvalue weighted by Crippen LogP contribution is 2.33. The average Bonchev–Trinajstić information content (AvgIpc) is 3.30. The number of aromatic amines is 1. The third-order valence-electron chi connectivity index (χ3n) is 6.94. The lowest BCUT2D eigenvalue weighted by Gasteiger charge is -2.35. The molecule has 1 fully saturated rings. The molecule has 37 heavy (non-hydrogen) atoms. The molecule has 1 saturated heterocycles. The van der Waals surface area contributed by atoms with Crippen LogP contribution in [0.3, 0.4) is 0 Å². The van der Waals surface area contributed by atoms with Gasteiger partial charge in [-0.05, 0) is 62.1 Å². The van der Waals surface area contributed by atoms with Gasteiger partial charge in [0.1, 0.15) is 17.5 Å². The second kappa shape index (κ2) is 9.59. The van der Waals surface area contributed by atoms with Crippen molar-refractivity contribution in [3.63, 3.8) is 0 Å². The zero-order chi connectivity index (χ0) is 26.3. The summed E-state index contributed by atoms with van der Waals surface area (Å²) < 4.78 is 28.1. The van der Waals surface area contributed by atoms with Gasteiger partial charge in [0.25, 0.3) is 0 Å². The number of β-amino-alcohol motifs (C(OH)–C–C–N with tert-alkyl or cyclic N) is 1. The van der Waals surface area contributed by atoms with E-state index >= 15 is 0 Å². The number of benzene rings is 1. The first kappa shape index (κ1) is 24.9. The van der Waals surface area contributed by atoms with E-state index in [9.17, 15) is 18.8 Å². The van der Waals surface area contributed by atoms with Gasteiger partial charge in [0.15, 0.2) is 0 Å². The summed E-state index contributed by atoms with van der Waals surface area (Å²) in [5.74, 6) is 0.654. The SMILES string of the molecule is Cc1ccc(N[C@@H]2CCN(S(=O)(=O)c3ccc(-c4c(C)nc5[nH]cc(C#N)c5c4C)cc3)C[C@@H]2O)nc1. The minimum absolute atomic E-state index is 0.00313. The molecule has 9 nitrogen and oxygen atoms in total. The first-order valence-corrected chi connectivity index (χ1v) is 13.5. The molecular formula is C27H28N6O3S. The van der Waals surface area contributed by atoms with E-state index < -0.39 is 16.1 Å². The van der Waals surface area contributed by atoms with E-state index in [-0.39, 0.29) is 24.0 Å². The van der Waals surface area contributed by atoms with Gasteiger partial charge in [-0.2, -0.15) is 9.57 Å². The van der Waals surface area contributed by atoms with E-state index in [0.717, 1.165) is 33.3 Å². The van der Waals surface area contributed by atoms with E-state index in [1.807, 2.05) is 32.9 Å². The third kappa shape index (κ3) is 4.57. The summed E-state index contributed by atoms with van der Waals surface area (Å²) in [7, 11) is -3.79. The number of aliphatic hydroxyl groups is 1. The minimum Gasteiger partial charge on any atom is -0.390 e. The Kier molecular flexibility index (Phi) is 6.45. The number of aromatic nitrogens is 3. The van der Waals surface area contributed by atoms with Gasteiger partial charge >= 0.3 is 0 Å². The highest BCUT2D eigenvalue weighted by Gasteiger charge is 2.35. The van der Waals surface area contributed by atoms with Crippen LogP contribution in [-0.2, 0) is 10.0 Å². The molecule has 0 aliphatic carbocycles. The van der Waals surface area contributed by atoms with Crippen molar-refractivity contribution in [2.24, 2.45) is 0 Å². The summed E-state index contributed by atoms with van der Waals surface area (Å²) in [6, 6.07) is 12.4. The maximum atomic E-state index is 13.4. The summed E-state index contributed by atoms with van der Waals surface area (Å²) in [4.78, 5) is 12.1. The summed E-state index contributed by atoms with van der Waals surface area (Å²) in [6.07, 6.45) is 2.98. The Bertz CT molecular complexity index is 1610.